The normalized spacial score (nSPS) is 12.5. The molecule has 0 aliphatic carbocycles. The Balaban J connectivity index is 0.000000261. The van der Waals surface area contributed by atoms with E-state index in [0.29, 0.717) is 73.6 Å². The van der Waals surface area contributed by atoms with Crippen molar-refractivity contribution in [3.63, 3.8) is 0 Å². The van der Waals surface area contributed by atoms with Crippen LogP contribution in [0.15, 0.2) is 121 Å². The van der Waals surface area contributed by atoms with Gasteiger partial charge in [0, 0.05) is 26.4 Å². The second-order valence-electron chi connectivity index (χ2n) is 22.2. The molecule has 4 atom stereocenters. The van der Waals surface area contributed by atoms with E-state index in [9.17, 15) is 102 Å². The molecule has 0 saturated carbocycles. The highest BCUT2D eigenvalue weighted by Crippen LogP contribution is 2.42. The van der Waals surface area contributed by atoms with Crippen LogP contribution in [-0.4, -0.2) is 129 Å². The highest BCUT2D eigenvalue weighted by molar-refractivity contribution is 5.55. The SMILES string of the molecule is OCCC[C@@H](Cc1ccc(O)c(OCc2cc(O)c(O)c(O)c2)c1)[C@@H](CO)Cc1ccc(O)c(OCc2cc(O)c(O)c(O)c2)c1.OCCC[C@H](Cc1ccc(O)c(OCc2cc(O)c(O)c(O)c2)c1)[C@H](CO)Cc1ccc(O)c(OCc2cc(O)c(O)c(O)c2)c1. The van der Waals surface area contributed by atoms with Crippen LogP contribution in [0.5, 0.6) is 115 Å². The van der Waals surface area contributed by atoms with Crippen LogP contribution in [0.1, 0.15) is 70.2 Å². The largest absolute Gasteiger partial charge is 0.504 e. The second-order valence-corrected chi connectivity index (χ2v) is 22.2. The number of hydrogen-bond acceptors (Lipinski definition) is 24. The fourth-order valence-corrected chi connectivity index (χ4v) is 10.5. The minimum atomic E-state index is -0.646. The predicted octanol–water partition coefficient (Wildman–Crippen LogP) is 8.54. The summed E-state index contributed by atoms with van der Waals surface area (Å²) < 4.78 is 22.9. The Bertz CT molecular complexity index is 3420. The van der Waals surface area contributed by atoms with Gasteiger partial charge in [-0.1, -0.05) is 24.3 Å². The van der Waals surface area contributed by atoms with E-state index >= 15 is 0 Å². The third-order valence-electron chi connectivity index (χ3n) is 15.5. The molecule has 0 saturated heterocycles. The number of ether oxygens (including phenoxy) is 4. The summed E-state index contributed by atoms with van der Waals surface area (Å²) in [7, 11) is 0. The zero-order valence-corrected chi connectivity index (χ0v) is 49.7. The molecule has 0 amide bonds. The first-order valence-electron chi connectivity index (χ1n) is 29.1. The highest BCUT2D eigenvalue weighted by Gasteiger charge is 2.26. The van der Waals surface area contributed by atoms with Gasteiger partial charge in [0.15, 0.2) is 115 Å². The van der Waals surface area contributed by atoms with Crippen LogP contribution in [0.2, 0.25) is 0 Å². The van der Waals surface area contributed by atoms with Crippen LogP contribution in [-0.2, 0) is 52.1 Å². The maximum Gasteiger partial charge on any atom is 0.200 e. The predicted molar refractivity (Wildman–Crippen MR) is 331 cm³/mol. The van der Waals surface area contributed by atoms with E-state index in [0.717, 1.165) is 22.3 Å². The summed E-state index contributed by atoms with van der Waals surface area (Å²) >= 11 is 0. The minimum absolute atomic E-state index is 0.0372. The van der Waals surface area contributed by atoms with E-state index in [1.165, 1.54) is 72.8 Å². The Labute approximate surface area is 527 Å². The molecule has 24 heteroatoms. The smallest absolute Gasteiger partial charge is 0.200 e. The first-order chi connectivity index (χ1) is 44.0. The minimum Gasteiger partial charge on any atom is -0.504 e. The molecule has 0 radical (unpaired) electrons. The molecular formula is C68H76O24. The van der Waals surface area contributed by atoms with Gasteiger partial charge in [-0.3, -0.25) is 0 Å². The first kappa shape index (κ1) is 69.1. The van der Waals surface area contributed by atoms with Gasteiger partial charge in [0.1, 0.15) is 26.4 Å². The second kappa shape index (κ2) is 32.4. The van der Waals surface area contributed by atoms with Crippen LogP contribution >= 0.6 is 0 Å². The van der Waals surface area contributed by atoms with Gasteiger partial charge in [-0.2, -0.15) is 0 Å². The number of aromatic hydroxyl groups is 16. The summed E-state index contributed by atoms with van der Waals surface area (Å²) in [6.45, 7) is -0.904. The number of aliphatic hydroxyl groups excluding tert-OH is 4. The van der Waals surface area contributed by atoms with Crippen molar-refractivity contribution >= 4 is 0 Å². The standard InChI is InChI=1S/2C34H38O12/c2*35-7-1-2-23(8-19-3-5-25(37)31(14-19)45-17-21-10-27(39)33(43)28(40)11-21)24(16-36)9-20-4-6-26(38)32(15-20)46-18-22-12-29(41)34(44)30(42)13-22/h2*3-6,10-15,23-24,35-44H,1-2,7-9,16-18H2/t2*23-,24+/m10/s1. The summed E-state index contributed by atoms with van der Waals surface area (Å²) in [5.41, 5.74) is 4.52. The Hall–Kier alpha value is -10.4. The average molecular weight is 1280 g/mol. The molecule has 0 aromatic heterocycles. The number of phenolic OH excluding ortho intramolecular Hbond substituents is 16. The van der Waals surface area contributed by atoms with Crippen LogP contribution < -0.4 is 18.9 Å². The van der Waals surface area contributed by atoms with Gasteiger partial charge in [-0.15, -0.1) is 0 Å². The van der Waals surface area contributed by atoms with Crippen molar-refractivity contribution in [3.05, 3.63) is 166 Å². The molecule has 8 rings (SSSR count). The number of benzene rings is 8. The van der Waals surface area contributed by atoms with Gasteiger partial charge in [-0.05, 0) is 217 Å². The summed E-state index contributed by atoms with van der Waals surface area (Å²) in [6, 6.07) is 29.2. The van der Waals surface area contributed by atoms with Crippen molar-refractivity contribution in [2.45, 2.75) is 77.8 Å². The lowest BCUT2D eigenvalue weighted by Gasteiger charge is -2.26. The van der Waals surface area contributed by atoms with Crippen molar-refractivity contribution in [2.24, 2.45) is 23.7 Å². The topological polar surface area (TPSA) is 442 Å². The van der Waals surface area contributed by atoms with Crippen LogP contribution in [0.25, 0.3) is 0 Å². The fourth-order valence-electron chi connectivity index (χ4n) is 10.5. The highest BCUT2D eigenvalue weighted by atomic mass is 16.5. The van der Waals surface area contributed by atoms with Gasteiger partial charge in [0.05, 0.1) is 0 Å². The quantitative estimate of drug-likeness (QED) is 0.0187. The van der Waals surface area contributed by atoms with E-state index in [4.69, 9.17) is 18.9 Å². The third-order valence-corrected chi connectivity index (χ3v) is 15.5. The van der Waals surface area contributed by atoms with Crippen molar-refractivity contribution in [2.75, 3.05) is 26.4 Å². The van der Waals surface area contributed by atoms with Crippen molar-refractivity contribution < 1.29 is 121 Å². The Morgan fingerprint density at radius 3 is 0.641 bits per heavy atom. The Kier molecular flexibility index (Phi) is 24.3. The Morgan fingerprint density at radius 1 is 0.239 bits per heavy atom. The van der Waals surface area contributed by atoms with Crippen LogP contribution in [0, 0.1) is 23.7 Å². The Morgan fingerprint density at radius 2 is 0.446 bits per heavy atom. The van der Waals surface area contributed by atoms with Gasteiger partial charge in [0.25, 0.3) is 0 Å². The molecule has 0 bridgehead atoms. The molecule has 0 spiro atoms. The summed E-state index contributed by atoms with van der Waals surface area (Å²) in [6.07, 6.45) is 3.90. The first-order valence-corrected chi connectivity index (χ1v) is 29.1. The molecule has 8 aromatic carbocycles. The number of phenols is 16. The van der Waals surface area contributed by atoms with E-state index in [2.05, 4.69) is 0 Å². The number of rotatable bonds is 30. The maximum absolute atomic E-state index is 10.4. The molecule has 24 nitrogen and oxygen atoms in total. The van der Waals surface area contributed by atoms with Gasteiger partial charge in [-0.25, -0.2) is 0 Å². The third kappa shape index (κ3) is 18.8. The molecule has 92 heavy (non-hydrogen) atoms. The lowest BCUT2D eigenvalue weighted by atomic mass is 9.80. The molecule has 0 heterocycles. The summed E-state index contributed by atoms with van der Waals surface area (Å²) in [5.74, 6) is -7.37. The molecule has 0 unspecified atom stereocenters. The van der Waals surface area contributed by atoms with E-state index in [1.54, 1.807) is 48.5 Å². The number of hydrogen-bond donors (Lipinski definition) is 20. The van der Waals surface area contributed by atoms with E-state index in [1.807, 2.05) is 0 Å². The van der Waals surface area contributed by atoms with Gasteiger partial charge in [0.2, 0.25) is 0 Å². The van der Waals surface area contributed by atoms with Gasteiger partial charge < -0.3 is 121 Å². The van der Waals surface area contributed by atoms with Crippen molar-refractivity contribution in [1.29, 1.82) is 0 Å². The van der Waals surface area contributed by atoms with Crippen molar-refractivity contribution in [3.8, 4) is 115 Å². The maximum atomic E-state index is 10.4. The molecule has 0 aliphatic heterocycles. The average Bonchev–Trinajstić information content (AvgIpc) is 1.12. The van der Waals surface area contributed by atoms with Crippen LogP contribution in [0.3, 0.4) is 0 Å². The number of aliphatic hydroxyl groups is 4. The van der Waals surface area contributed by atoms with E-state index in [-0.39, 0.29) is 123 Å². The summed E-state index contributed by atoms with van der Waals surface area (Å²) in [5, 5.41) is 198. The van der Waals surface area contributed by atoms with E-state index < -0.39 is 69.0 Å². The van der Waals surface area contributed by atoms with Crippen LogP contribution in [0.4, 0.5) is 0 Å². The fraction of sp³-hybridized carbons (Fsp3) is 0.294. The molecule has 0 aliphatic rings. The lowest BCUT2D eigenvalue weighted by Crippen LogP contribution is -2.23. The molecule has 0 fully saturated rings. The molecular weight excluding hydrogens is 1200 g/mol. The molecule has 492 valence electrons. The monoisotopic (exact) mass is 1280 g/mol. The van der Waals surface area contributed by atoms with Gasteiger partial charge >= 0.3 is 0 Å². The molecule has 8 aromatic rings. The molecule has 20 N–H and O–H groups in total. The zero-order valence-electron chi connectivity index (χ0n) is 49.7. The van der Waals surface area contributed by atoms with Crippen molar-refractivity contribution in [1.82, 2.24) is 0 Å². The zero-order chi connectivity index (χ0) is 66.8. The summed E-state index contributed by atoms with van der Waals surface area (Å²) in [4.78, 5) is 0. The lowest BCUT2D eigenvalue weighted by molar-refractivity contribution is 0.158.